The summed E-state index contributed by atoms with van der Waals surface area (Å²) in [5.41, 5.74) is 2.22. The molecular weight excluding hydrogens is 479 g/mol. The standard InChI is InChI=1S/C29H30ClFN2O3/c1-36-24-9-11-28-26(18-24)25(12-14-32-28)27(31)10-6-21-13-16-33(19-22(21)17-29(34)35)15-2-3-20-4-7-23(30)8-5-20/h4-5,7-9,11-12,14,18,21-22,27H,6,10,13,15-17,19H2,1H3,(H,34,35)/t21-,22+,27+/m1/s1. The molecule has 1 saturated heterocycles. The average Bonchev–Trinajstić information content (AvgIpc) is 2.88. The van der Waals surface area contributed by atoms with Gasteiger partial charge in [-0.1, -0.05) is 23.4 Å². The molecule has 0 radical (unpaired) electrons. The predicted molar refractivity (Wildman–Crippen MR) is 140 cm³/mol. The second-order valence-electron chi connectivity index (χ2n) is 9.28. The highest BCUT2D eigenvalue weighted by atomic mass is 35.5. The number of fused-ring (bicyclic) bond motifs is 1. The SMILES string of the molecule is COc1ccc2nccc([C@@H](F)CC[C@@H]3CCN(CC#Cc4ccc(Cl)cc4)C[C@@H]3CC(=O)O)c2c1. The van der Waals surface area contributed by atoms with Crippen LogP contribution >= 0.6 is 11.6 Å². The van der Waals surface area contributed by atoms with Gasteiger partial charge >= 0.3 is 5.97 Å². The van der Waals surface area contributed by atoms with E-state index in [0.29, 0.717) is 42.3 Å². The quantitative estimate of drug-likeness (QED) is 0.370. The molecular formula is C29H30ClFN2O3. The molecule has 0 saturated carbocycles. The number of piperidine rings is 1. The molecule has 3 atom stereocenters. The first-order valence-corrected chi connectivity index (χ1v) is 12.6. The fourth-order valence-electron chi connectivity index (χ4n) is 4.98. The number of methoxy groups -OCH3 is 1. The molecule has 2 aromatic carbocycles. The molecule has 7 heteroatoms. The van der Waals surface area contributed by atoms with E-state index in [1.165, 1.54) is 0 Å². The zero-order chi connectivity index (χ0) is 25.5. The van der Waals surface area contributed by atoms with Gasteiger partial charge in [-0.3, -0.25) is 14.7 Å². The van der Waals surface area contributed by atoms with E-state index in [0.717, 1.165) is 29.4 Å². The summed E-state index contributed by atoms with van der Waals surface area (Å²) >= 11 is 5.92. The number of aliphatic carboxylic acids is 1. The molecule has 1 aliphatic heterocycles. The summed E-state index contributed by atoms with van der Waals surface area (Å²) in [7, 11) is 1.59. The monoisotopic (exact) mass is 508 g/mol. The van der Waals surface area contributed by atoms with E-state index in [2.05, 4.69) is 21.7 Å². The van der Waals surface area contributed by atoms with E-state index in [1.807, 2.05) is 42.5 Å². The van der Waals surface area contributed by atoms with Gasteiger partial charge in [-0.05, 0) is 91.7 Å². The summed E-state index contributed by atoms with van der Waals surface area (Å²) in [6.07, 6.45) is 2.37. The van der Waals surface area contributed by atoms with Crippen LogP contribution in [-0.2, 0) is 4.79 Å². The number of benzene rings is 2. The van der Waals surface area contributed by atoms with Crippen molar-refractivity contribution in [3.05, 3.63) is 70.9 Å². The number of hydrogen-bond donors (Lipinski definition) is 1. The lowest BCUT2D eigenvalue weighted by Gasteiger charge is -2.37. The normalized spacial score (nSPS) is 18.9. The first kappa shape index (κ1) is 25.9. The number of hydrogen-bond acceptors (Lipinski definition) is 4. The molecule has 1 N–H and O–H groups in total. The molecule has 0 amide bonds. The number of pyridine rings is 1. The molecule has 0 spiro atoms. The highest BCUT2D eigenvalue weighted by Crippen LogP contribution is 2.36. The van der Waals surface area contributed by atoms with Gasteiger partial charge in [0.05, 0.1) is 19.2 Å². The molecule has 36 heavy (non-hydrogen) atoms. The van der Waals surface area contributed by atoms with Crippen LogP contribution in [-0.4, -0.2) is 47.7 Å². The molecule has 0 unspecified atom stereocenters. The van der Waals surface area contributed by atoms with Crippen LogP contribution < -0.4 is 4.74 Å². The first-order chi connectivity index (χ1) is 17.4. The molecule has 5 nitrogen and oxygen atoms in total. The van der Waals surface area contributed by atoms with Crippen molar-refractivity contribution in [3.63, 3.8) is 0 Å². The van der Waals surface area contributed by atoms with Gasteiger partial charge in [0.1, 0.15) is 11.9 Å². The molecule has 3 aromatic rings. The third kappa shape index (κ3) is 6.75. The number of carbonyl (C=O) groups is 1. The Hall–Kier alpha value is -3.14. The number of carboxylic acid groups (broad SMARTS) is 1. The zero-order valence-corrected chi connectivity index (χ0v) is 21.0. The topological polar surface area (TPSA) is 62.7 Å². The highest BCUT2D eigenvalue weighted by Gasteiger charge is 2.31. The van der Waals surface area contributed by atoms with Crippen LogP contribution in [0.4, 0.5) is 4.39 Å². The van der Waals surface area contributed by atoms with Crippen LogP contribution in [0.5, 0.6) is 5.75 Å². The summed E-state index contributed by atoms with van der Waals surface area (Å²) in [4.78, 5) is 18.1. The summed E-state index contributed by atoms with van der Waals surface area (Å²) < 4.78 is 20.8. The Labute approximate surface area is 216 Å². The van der Waals surface area contributed by atoms with Crippen LogP contribution in [0, 0.1) is 23.7 Å². The van der Waals surface area contributed by atoms with Gasteiger partial charge in [-0.25, -0.2) is 4.39 Å². The van der Waals surface area contributed by atoms with Gasteiger partial charge in [0.2, 0.25) is 0 Å². The van der Waals surface area contributed by atoms with Gasteiger partial charge in [-0.2, -0.15) is 0 Å². The zero-order valence-electron chi connectivity index (χ0n) is 20.3. The molecule has 1 aliphatic rings. The third-order valence-electron chi connectivity index (χ3n) is 6.90. The maximum absolute atomic E-state index is 15.5. The number of ether oxygens (including phenoxy) is 1. The van der Waals surface area contributed by atoms with E-state index < -0.39 is 12.1 Å². The molecule has 1 aromatic heterocycles. The molecule has 0 bridgehead atoms. The van der Waals surface area contributed by atoms with Crippen molar-refractivity contribution in [1.82, 2.24) is 9.88 Å². The molecule has 188 valence electrons. The van der Waals surface area contributed by atoms with Crippen molar-refractivity contribution >= 4 is 28.5 Å². The van der Waals surface area contributed by atoms with Crippen LogP contribution in [0.25, 0.3) is 10.9 Å². The number of likely N-dealkylation sites (tertiary alicyclic amines) is 1. The minimum absolute atomic E-state index is 0.0324. The molecule has 1 fully saturated rings. The van der Waals surface area contributed by atoms with Crippen molar-refractivity contribution in [3.8, 4) is 17.6 Å². The number of aromatic nitrogens is 1. The maximum Gasteiger partial charge on any atom is 0.303 e. The second kappa shape index (κ2) is 12.2. The average molecular weight is 509 g/mol. The smallest absolute Gasteiger partial charge is 0.303 e. The largest absolute Gasteiger partial charge is 0.497 e. The number of alkyl halides is 1. The van der Waals surface area contributed by atoms with E-state index in [-0.39, 0.29) is 18.3 Å². The molecule has 2 heterocycles. The Morgan fingerprint density at radius 3 is 2.81 bits per heavy atom. The number of rotatable bonds is 8. The highest BCUT2D eigenvalue weighted by molar-refractivity contribution is 6.30. The summed E-state index contributed by atoms with van der Waals surface area (Å²) in [6.45, 7) is 2.04. The van der Waals surface area contributed by atoms with Gasteiger partial charge in [0.15, 0.2) is 0 Å². The first-order valence-electron chi connectivity index (χ1n) is 12.2. The van der Waals surface area contributed by atoms with E-state index in [4.69, 9.17) is 16.3 Å². The van der Waals surface area contributed by atoms with Gasteiger partial charge in [-0.15, -0.1) is 0 Å². The Morgan fingerprint density at radius 1 is 1.25 bits per heavy atom. The minimum atomic E-state index is -1.16. The number of carboxylic acids is 1. The fourth-order valence-corrected chi connectivity index (χ4v) is 5.11. The number of nitrogens with zero attached hydrogens (tertiary/aromatic N) is 2. The van der Waals surface area contributed by atoms with Crippen molar-refractivity contribution < 1.29 is 19.0 Å². The van der Waals surface area contributed by atoms with Gasteiger partial charge < -0.3 is 9.84 Å². The van der Waals surface area contributed by atoms with Crippen LogP contribution in [0.3, 0.4) is 0 Å². The van der Waals surface area contributed by atoms with E-state index in [9.17, 15) is 9.90 Å². The minimum Gasteiger partial charge on any atom is -0.497 e. The Kier molecular flexibility index (Phi) is 8.79. The molecule has 4 rings (SSSR count). The van der Waals surface area contributed by atoms with E-state index in [1.54, 1.807) is 19.4 Å². The van der Waals surface area contributed by atoms with E-state index >= 15 is 4.39 Å². The van der Waals surface area contributed by atoms with Crippen molar-refractivity contribution in [2.24, 2.45) is 11.8 Å². The lowest BCUT2D eigenvalue weighted by atomic mass is 9.79. The van der Waals surface area contributed by atoms with Crippen LogP contribution in [0.15, 0.2) is 54.7 Å². The van der Waals surface area contributed by atoms with Gasteiger partial charge in [0.25, 0.3) is 0 Å². The Bertz CT molecular complexity index is 1250. The Balaban J connectivity index is 1.38. The van der Waals surface area contributed by atoms with Crippen molar-refractivity contribution in [1.29, 1.82) is 0 Å². The summed E-state index contributed by atoms with van der Waals surface area (Å²) in [5.74, 6) is 6.29. The van der Waals surface area contributed by atoms with Crippen LogP contribution in [0.2, 0.25) is 5.02 Å². The van der Waals surface area contributed by atoms with Crippen molar-refractivity contribution in [2.45, 2.75) is 31.9 Å². The number of halogens is 2. The predicted octanol–water partition coefficient (Wildman–Crippen LogP) is 6.15. The molecule has 0 aliphatic carbocycles. The third-order valence-corrected chi connectivity index (χ3v) is 7.15. The van der Waals surface area contributed by atoms with Crippen LogP contribution in [0.1, 0.15) is 43.0 Å². The fraction of sp³-hybridized carbons (Fsp3) is 0.379. The lowest BCUT2D eigenvalue weighted by Crippen LogP contribution is -2.41. The van der Waals surface area contributed by atoms with Gasteiger partial charge in [0, 0.05) is 35.1 Å². The maximum atomic E-state index is 15.5. The van der Waals surface area contributed by atoms with Crippen molar-refractivity contribution in [2.75, 3.05) is 26.7 Å². The summed E-state index contributed by atoms with van der Waals surface area (Å²) in [6, 6.07) is 14.6. The second-order valence-corrected chi connectivity index (χ2v) is 9.72. The lowest BCUT2D eigenvalue weighted by molar-refractivity contribution is -0.139. The Morgan fingerprint density at radius 2 is 2.06 bits per heavy atom. The summed E-state index contributed by atoms with van der Waals surface area (Å²) in [5, 5.41) is 10.9.